The normalized spacial score (nSPS) is 24.1. The molecule has 0 unspecified atom stereocenters. The van der Waals surface area contributed by atoms with Gasteiger partial charge in [0.15, 0.2) is 18.0 Å². The highest BCUT2D eigenvalue weighted by molar-refractivity contribution is 5.95. The fourth-order valence-electron chi connectivity index (χ4n) is 1.37. The van der Waals surface area contributed by atoms with Crippen LogP contribution < -0.4 is 5.73 Å². The van der Waals surface area contributed by atoms with E-state index in [-0.39, 0.29) is 5.78 Å². The van der Waals surface area contributed by atoms with E-state index in [1.807, 2.05) is 25.2 Å². The predicted octanol–water partition coefficient (Wildman–Crippen LogP) is 1.11. The zero-order valence-corrected chi connectivity index (χ0v) is 9.39. The van der Waals surface area contributed by atoms with Crippen LogP contribution in [0.5, 0.6) is 0 Å². The number of ether oxygens (including phenoxy) is 1. The molecule has 1 amide bonds. The molecule has 0 saturated carbocycles. The minimum Gasteiger partial charge on any atom is -0.367 e. The fraction of sp³-hybridized carbons (Fsp3) is 0.500. The fourth-order valence-corrected chi connectivity index (χ4v) is 1.37. The molecule has 88 valence electrons. The summed E-state index contributed by atoms with van der Waals surface area (Å²) in [6.07, 6.45) is 8.75. The van der Waals surface area contributed by atoms with Crippen LogP contribution in [0, 0.1) is 0 Å². The van der Waals surface area contributed by atoms with Gasteiger partial charge in [0.05, 0.1) is 0 Å². The number of primary amides is 1. The van der Waals surface area contributed by atoms with Crippen LogP contribution in [0.3, 0.4) is 0 Å². The lowest BCUT2D eigenvalue weighted by Gasteiger charge is -1.90. The van der Waals surface area contributed by atoms with E-state index in [2.05, 4.69) is 6.08 Å². The maximum Gasteiger partial charge on any atom is 0.249 e. The average molecular weight is 223 g/mol. The van der Waals surface area contributed by atoms with Crippen molar-refractivity contribution in [1.82, 2.24) is 0 Å². The van der Waals surface area contributed by atoms with E-state index in [4.69, 9.17) is 10.5 Å². The summed E-state index contributed by atoms with van der Waals surface area (Å²) in [4.78, 5) is 22.1. The third kappa shape index (κ3) is 3.98. The smallest absolute Gasteiger partial charge is 0.249 e. The van der Waals surface area contributed by atoms with Crippen molar-refractivity contribution in [2.45, 2.75) is 38.4 Å². The lowest BCUT2D eigenvalue weighted by Crippen LogP contribution is -2.22. The van der Waals surface area contributed by atoms with Gasteiger partial charge in [-0.25, -0.2) is 0 Å². The number of ketones is 1. The monoisotopic (exact) mass is 223 g/mol. The number of nitrogens with two attached hydrogens (primary N) is 1. The predicted molar refractivity (Wildman–Crippen MR) is 60.7 cm³/mol. The van der Waals surface area contributed by atoms with Crippen LogP contribution in [0.25, 0.3) is 0 Å². The number of carbonyl (C=O) groups is 2. The molecule has 1 aliphatic heterocycles. The number of carbonyl (C=O) groups excluding carboxylic acids is 2. The summed E-state index contributed by atoms with van der Waals surface area (Å²) in [5.41, 5.74) is 4.99. The SMILES string of the molecule is C/C=C/CC/C=C/CC(=O)[C@H]1O[C@@H]1C(N)=O. The highest BCUT2D eigenvalue weighted by Crippen LogP contribution is 2.23. The lowest BCUT2D eigenvalue weighted by molar-refractivity contribution is -0.121. The molecule has 1 rings (SSSR count). The molecule has 0 aromatic rings. The van der Waals surface area contributed by atoms with Crippen molar-refractivity contribution in [1.29, 1.82) is 0 Å². The van der Waals surface area contributed by atoms with Crippen LogP contribution in [-0.4, -0.2) is 23.9 Å². The van der Waals surface area contributed by atoms with Crippen LogP contribution in [0.2, 0.25) is 0 Å². The molecule has 0 bridgehead atoms. The summed E-state index contributed by atoms with van der Waals surface area (Å²) < 4.78 is 4.87. The summed E-state index contributed by atoms with van der Waals surface area (Å²) in [6.45, 7) is 1.97. The highest BCUT2D eigenvalue weighted by Gasteiger charge is 2.48. The van der Waals surface area contributed by atoms with Crippen molar-refractivity contribution in [3.8, 4) is 0 Å². The number of hydrogen-bond acceptors (Lipinski definition) is 3. The molecule has 4 nitrogen and oxygen atoms in total. The van der Waals surface area contributed by atoms with Crippen molar-refractivity contribution in [3.05, 3.63) is 24.3 Å². The minimum absolute atomic E-state index is 0.0777. The Morgan fingerprint density at radius 3 is 2.44 bits per heavy atom. The quantitative estimate of drug-likeness (QED) is 0.399. The van der Waals surface area contributed by atoms with Crippen LogP contribution >= 0.6 is 0 Å². The minimum atomic E-state index is -0.691. The Balaban J connectivity index is 2.14. The van der Waals surface area contributed by atoms with Gasteiger partial charge in [0.1, 0.15) is 0 Å². The molecular formula is C12H17NO3. The number of hydrogen-bond donors (Lipinski definition) is 1. The van der Waals surface area contributed by atoms with Crippen LogP contribution in [0.1, 0.15) is 26.2 Å². The Labute approximate surface area is 95.1 Å². The number of allylic oxidation sites excluding steroid dienone is 4. The number of rotatable bonds is 7. The van der Waals surface area contributed by atoms with Crippen molar-refractivity contribution in [3.63, 3.8) is 0 Å². The first kappa shape index (κ1) is 12.6. The molecule has 2 atom stereocenters. The van der Waals surface area contributed by atoms with Gasteiger partial charge in [-0.2, -0.15) is 0 Å². The average Bonchev–Trinajstić information content (AvgIpc) is 3.02. The second-order valence-electron chi connectivity index (χ2n) is 3.67. The van der Waals surface area contributed by atoms with E-state index >= 15 is 0 Å². The van der Waals surface area contributed by atoms with Crippen LogP contribution in [0.4, 0.5) is 0 Å². The van der Waals surface area contributed by atoms with Crippen molar-refractivity contribution in [2.75, 3.05) is 0 Å². The van der Waals surface area contributed by atoms with Crippen molar-refractivity contribution in [2.24, 2.45) is 5.73 Å². The van der Waals surface area contributed by atoms with Crippen molar-refractivity contribution >= 4 is 11.7 Å². The van der Waals surface area contributed by atoms with Gasteiger partial charge in [-0.3, -0.25) is 9.59 Å². The number of amides is 1. The Morgan fingerprint density at radius 1 is 1.19 bits per heavy atom. The van der Waals surface area contributed by atoms with Gasteiger partial charge in [-0.05, 0) is 19.8 Å². The molecule has 1 fully saturated rings. The summed E-state index contributed by atoms with van der Waals surface area (Å²) in [6, 6.07) is 0. The van der Waals surface area contributed by atoms with Gasteiger partial charge in [-0.15, -0.1) is 0 Å². The summed E-state index contributed by atoms with van der Waals surface area (Å²) in [5.74, 6) is -0.638. The van der Waals surface area contributed by atoms with Crippen LogP contribution in [-0.2, 0) is 14.3 Å². The van der Waals surface area contributed by atoms with Gasteiger partial charge >= 0.3 is 0 Å². The summed E-state index contributed by atoms with van der Waals surface area (Å²) >= 11 is 0. The second kappa shape index (κ2) is 6.23. The molecule has 1 heterocycles. The zero-order valence-electron chi connectivity index (χ0n) is 9.39. The largest absolute Gasteiger partial charge is 0.367 e. The first-order chi connectivity index (χ1) is 7.66. The van der Waals surface area contributed by atoms with E-state index in [0.717, 1.165) is 12.8 Å². The van der Waals surface area contributed by atoms with Gasteiger partial charge in [0, 0.05) is 6.42 Å². The van der Waals surface area contributed by atoms with Gasteiger partial charge in [-0.1, -0.05) is 24.3 Å². The molecular weight excluding hydrogens is 206 g/mol. The van der Waals surface area contributed by atoms with E-state index < -0.39 is 18.1 Å². The van der Waals surface area contributed by atoms with E-state index in [9.17, 15) is 9.59 Å². The molecule has 4 heteroatoms. The Hall–Kier alpha value is -1.42. The topological polar surface area (TPSA) is 72.7 Å². The van der Waals surface area contributed by atoms with E-state index in [1.54, 1.807) is 0 Å². The Morgan fingerprint density at radius 2 is 1.88 bits per heavy atom. The second-order valence-corrected chi connectivity index (χ2v) is 3.67. The molecule has 16 heavy (non-hydrogen) atoms. The van der Waals surface area contributed by atoms with E-state index in [1.165, 1.54) is 0 Å². The van der Waals surface area contributed by atoms with Gasteiger partial charge < -0.3 is 10.5 Å². The number of Topliss-reactive ketones (excluding diaryl/α,β-unsaturated/α-hetero) is 1. The Kier molecular flexibility index (Phi) is 4.92. The molecule has 1 saturated heterocycles. The molecule has 1 aliphatic rings. The molecule has 0 spiro atoms. The number of unbranched alkanes of at least 4 members (excludes halogenated alkanes) is 1. The molecule has 0 aromatic heterocycles. The zero-order chi connectivity index (χ0) is 12.0. The molecule has 0 radical (unpaired) electrons. The first-order valence-corrected chi connectivity index (χ1v) is 5.40. The third-order valence-corrected chi connectivity index (χ3v) is 2.31. The maximum atomic E-state index is 11.4. The summed E-state index contributed by atoms with van der Waals surface area (Å²) in [7, 11) is 0. The van der Waals surface area contributed by atoms with Crippen molar-refractivity contribution < 1.29 is 14.3 Å². The summed E-state index contributed by atoms with van der Waals surface area (Å²) in [5, 5.41) is 0. The molecule has 0 aliphatic carbocycles. The first-order valence-electron chi connectivity index (χ1n) is 5.40. The Bertz CT molecular complexity index is 320. The maximum absolute atomic E-state index is 11.4. The molecule has 0 aromatic carbocycles. The third-order valence-electron chi connectivity index (χ3n) is 2.31. The van der Waals surface area contributed by atoms with Gasteiger partial charge in [0.25, 0.3) is 0 Å². The number of epoxide rings is 1. The molecule has 2 N–H and O–H groups in total. The lowest BCUT2D eigenvalue weighted by atomic mass is 10.1. The van der Waals surface area contributed by atoms with Crippen LogP contribution in [0.15, 0.2) is 24.3 Å². The highest BCUT2D eigenvalue weighted by atomic mass is 16.6. The van der Waals surface area contributed by atoms with Gasteiger partial charge in [0.2, 0.25) is 5.91 Å². The van der Waals surface area contributed by atoms with E-state index in [0.29, 0.717) is 6.42 Å². The standard InChI is InChI=1S/C12H17NO3/c1-2-3-4-5-6-7-8-9(14)10-11(16-10)12(13)15/h2-3,6-7,10-11H,4-5,8H2,1H3,(H2,13,15)/b3-2+,7-6+/t10-,11+/m1/s1.